The second-order valence-corrected chi connectivity index (χ2v) is 4.30. The SMILES string of the molecule is CCOC(=O)c1cc(-c2ccc(OC)cc2OC)[nH]c1N. The number of ether oxygens (including phenoxy) is 3. The number of nitrogen functional groups attached to an aromatic ring is 1. The molecule has 0 saturated heterocycles. The van der Waals surface area contributed by atoms with Crippen molar-refractivity contribution in [3.05, 3.63) is 29.8 Å². The second kappa shape index (κ2) is 6.21. The van der Waals surface area contributed by atoms with Gasteiger partial charge >= 0.3 is 5.97 Å². The zero-order valence-electron chi connectivity index (χ0n) is 12.2. The first-order valence-corrected chi connectivity index (χ1v) is 6.48. The van der Waals surface area contributed by atoms with Gasteiger partial charge in [-0.3, -0.25) is 0 Å². The number of aromatic nitrogens is 1. The van der Waals surface area contributed by atoms with Crippen molar-refractivity contribution >= 4 is 11.8 Å². The van der Waals surface area contributed by atoms with E-state index in [1.165, 1.54) is 0 Å². The Labute approximate surface area is 122 Å². The average Bonchev–Trinajstić information content (AvgIpc) is 2.88. The lowest BCUT2D eigenvalue weighted by Gasteiger charge is -2.09. The Kier molecular flexibility index (Phi) is 4.37. The van der Waals surface area contributed by atoms with Crippen molar-refractivity contribution in [2.45, 2.75) is 6.92 Å². The summed E-state index contributed by atoms with van der Waals surface area (Å²) in [7, 11) is 3.15. The first-order chi connectivity index (χ1) is 10.1. The van der Waals surface area contributed by atoms with E-state index in [1.807, 2.05) is 6.07 Å². The van der Waals surface area contributed by atoms with Crippen molar-refractivity contribution in [1.29, 1.82) is 0 Å². The smallest absolute Gasteiger partial charge is 0.341 e. The maximum atomic E-state index is 11.8. The molecule has 0 fully saturated rings. The van der Waals surface area contributed by atoms with Crippen LogP contribution in [-0.4, -0.2) is 31.8 Å². The van der Waals surface area contributed by atoms with Gasteiger partial charge in [0.05, 0.1) is 26.5 Å². The highest BCUT2D eigenvalue weighted by atomic mass is 16.5. The molecule has 2 aromatic rings. The summed E-state index contributed by atoms with van der Waals surface area (Å²) in [6.07, 6.45) is 0. The number of carbonyl (C=O) groups is 1. The average molecular weight is 290 g/mol. The molecule has 2 rings (SSSR count). The zero-order valence-corrected chi connectivity index (χ0v) is 12.2. The summed E-state index contributed by atoms with van der Waals surface area (Å²) < 4.78 is 15.5. The Bertz CT molecular complexity index is 649. The summed E-state index contributed by atoms with van der Waals surface area (Å²) in [4.78, 5) is 14.8. The Balaban J connectivity index is 2.43. The molecule has 0 saturated carbocycles. The van der Waals surface area contributed by atoms with Crippen LogP contribution in [0.4, 0.5) is 5.82 Å². The molecule has 6 nitrogen and oxygen atoms in total. The van der Waals surface area contributed by atoms with Crippen LogP contribution in [0.15, 0.2) is 24.3 Å². The van der Waals surface area contributed by atoms with Crippen LogP contribution in [0.1, 0.15) is 17.3 Å². The Morgan fingerprint density at radius 1 is 1.24 bits per heavy atom. The Hall–Kier alpha value is -2.63. The fourth-order valence-corrected chi connectivity index (χ4v) is 2.01. The molecule has 0 spiro atoms. The predicted molar refractivity (Wildman–Crippen MR) is 79.7 cm³/mol. The number of hydrogen-bond donors (Lipinski definition) is 2. The summed E-state index contributed by atoms with van der Waals surface area (Å²) >= 11 is 0. The van der Waals surface area contributed by atoms with Gasteiger partial charge in [-0.1, -0.05) is 0 Å². The number of esters is 1. The summed E-state index contributed by atoms with van der Waals surface area (Å²) in [6, 6.07) is 7.05. The maximum absolute atomic E-state index is 11.8. The first-order valence-electron chi connectivity index (χ1n) is 6.48. The number of carbonyl (C=O) groups excluding carboxylic acids is 1. The van der Waals surface area contributed by atoms with E-state index >= 15 is 0 Å². The van der Waals surface area contributed by atoms with E-state index in [0.29, 0.717) is 29.4 Å². The lowest BCUT2D eigenvalue weighted by molar-refractivity contribution is 0.0528. The number of benzene rings is 1. The number of aromatic amines is 1. The molecule has 1 heterocycles. The minimum atomic E-state index is -0.454. The zero-order chi connectivity index (χ0) is 15.4. The predicted octanol–water partition coefficient (Wildman–Crippen LogP) is 2.46. The number of H-pyrrole nitrogens is 1. The van der Waals surface area contributed by atoms with Gasteiger partial charge in [0, 0.05) is 11.6 Å². The minimum absolute atomic E-state index is 0.265. The molecular formula is C15H18N2O4. The van der Waals surface area contributed by atoms with Gasteiger partial charge in [0.15, 0.2) is 0 Å². The Morgan fingerprint density at radius 3 is 2.62 bits per heavy atom. The van der Waals surface area contributed by atoms with E-state index < -0.39 is 5.97 Å². The summed E-state index contributed by atoms with van der Waals surface area (Å²) in [5.41, 5.74) is 7.60. The molecule has 3 N–H and O–H groups in total. The van der Waals surface area contributed by atoms with Gasteiger partial charge < -0.3 is 24.9 Å². The van der Waals surface area contributed by atoms with Crippen LogP contribution >= 0.6 is 0 Å². The third-order valence-electron chi connectivity index (χ3n) is 3.04. The molecule has 0 aliphatic rings. The highest BCUT2D eigenvalue weighted by Crippen LogP contribution is 2.34. The van der Waals surface area contributed by atoms with Crippen molar-refractivity contribution in [1.82, 2.24) is 4.98 Å². The lowest BCUT2D eigenvalue weighted by Crippen LogP contribution is -2.05. The molecule has 0 aliphatic heterocycles. The first kappa shape index (κ1) is 14.8. The highest BCUT2D eigenvalue weighted by molar-refractivity contribution is 5.96. The number of rotatable bonds is 5. The fourth-order valence-electron chi connectivity index (χ4n) is 2.01. The van der Waals surface area contributed by atoms with E-state index in [4.69, 9.17) is 19.9 Å². The molecule has 1 aromatic heterocycles. The summed E-state index contributed by atoms with van der Waals surface area (Å²) in [5, 5.41) is 0. The Morgan fingerprint density at radius 2 is 2.00 bits per heavy atom. The van der Waals surface area contributed by atoms with Gasteiger partial charge in [0.25, 0.3) is 0 Å². The quantitative estimate of drug-likeness (QED) is 0.826. The minimum Gasteiger partial charge on any atom is -0.497 e. The van der Waals surface area contributed by atoms with Crippen LogP contribution in [0.3, 0.4) is 0 Å². The van der Waals surface area contributed by atoms with Gasteiger partial charge in [-0.15, -0.1) is 0 Å². The van der Waals surface area contributed by atoms with Crippen LogP contribution in [0.2, 0.25) is 0 Å². The standard InChI is InChI=1S/C15H18N2O4/c1-4-21-15(18)11-8-12(17-14(11)16)10-6-5-9(19-2)7-13(10)20-3/h5-8,17H,4,16H2,1-3H3. The van der Waals surface area contributed by atoms with Crippen LogP contribution in [-0.2, 0) is 4.74 Å². The maximum Gasteiger partial charge on any atom is 0.341 e. The van der Waals surface area contributed by atoms with Gasteiger partial charge in [-0.25, -0.2) is 4.79 Å². The molecule has 1 aromatic carbocycles. The number of nitrogens with two attached hydrogens (primary N) is 1. The van der Waals surface area contributed by atoms with Crippen LogP contribution in [0.5, 0.6) is 11.5 Å². The molecule has 0 aliphatic carbocycles. The summed E-state index contributed by atoms with van der Waals surface area (Å²) in [5.74, 6) is 1.11. The molecule has 112 valence electrons. The van der Waals surface area contributed by atoms with Crippen molar-refractivity contribution in [3.8, 4) is 22.8 Å². The number of hydrogen-bond acceptors (Lipinski definition) is 5. The molecule has 0 atom stereocenters. The van der Waals surface area contributed by atoms with E-state index in [-0.39, 0.29) is 5.82 Å². The normalized spacial score (nSPS) is 10.2. The molecule has 6 heteroatoms. The number of anilines is 1. The number of nitrogens with one attached hydrogen (secondary N) is 1. The molecular weight excluding hydrogens is 272 g/mol. The van der Waals surface area contributed by atoms with Crippen molar-refractivity contribution in [3.63, 3.8) is 0 Å². The van der Waals surface area contributed by atoms with Crippen LogP contribution < -0.4 is 15.2 Å². The van der Waals surface area contributed by atoms with E-state index in [9.17, 15) is 4.79 Å². The van der Waals surface area contributed by atoms with Gasteiger partial charge in [0.2, 0.25) is 0 Å². The van der Waals surface area contributed by atoms with Crippen molar-refractivity contribution in [2.75, 3.05) is 26.6 Å². The van der Waals surface area contributed by atoms with E-state index in [0.717, 1.165) is 5.56 Å². The van der Waals surface area contributed by atoms with Crippen LogP contribution in [0, 0.1) is 0 Å². The summed E-state index contributed by atoms with van der Waals surface area (Å²) in [6.45, 7) is 2.04. The monoisotopic (exact) mass is 290 g/mol. The highest BCUT2D eigenvalue weighted by Gasteiger charge is 2.17. The van der Waals surface area contributed by atoms with Gasteiger partial charge in [-0.2, -0.15) is 0 Å². The lowest BCUT2D eigenvalue weighted by atomic mass is 10.1. The van der Waals surface area contributed by atoms with Crippen molar-refractivity contribution in [2.24, 2.45) is 0 Å². The van der Waals surface area contributed by atoms with Crippen molar-refractivity contribution < 1.29 is 19.0 Å². The van der Waals surface area contributed by atoms with E-state index in [1.54, 1.807) is 39.3 Å². The molecule has 0 unspecified atom stereocenters. The number of methoxy groups -OCH3 is 2. The third kappa shape index (κ3) is 2.94. The molecule has 0 bridgehead atoms. The molecule has 21 heavy (non-hydrogen) atoms. The van der Waals surface area contributed by atoms with Gasteiger partial charge in [0.1, 0.15) is 22.9 Å². The topological polar surface area (TPSA) is 86.6 Å². The van der Waals surface area contributed by atoms with Crippen LogP contribution in [0.25, 0.3) is 11.3 Å². The fraction of sp³-hybridized carbons (Fsp3) is 0.267. The molecule has 0 radical (unpaired) electrons. The second-order valence-electron chi connectivity index (χ2n) is 4.30. The van der Waals surface area contributed by atoms with E-state index in [2.05, 4.69) is 4.98 Å². The van der Waals surface area contributed by atoms with Gasteiger partial charge in [-0.05, 0) is 25.1 Å². The third-order valence-corrected chi connectivity index (χ3v) is 3.04. The largest absolute Gasteiger partial charge is 0.497 e. The molecule has 0 amide bonds.